The number of amides is 1. The van der Waals surface area contributed by atoms with Gasteiger partial charge in [0.2, 0.25) is 5.91 Å². The topological polar surface area (TPSA) is 65.4 Å². The molecular weight excluding hydrogens is 354 g/mol. The molecule has 6 nitrogen and oxygen atoms in total. The number of methoxy groups -OCH3 is 1. The number of carbonyl (C=O) groups excluding carboxylic acids is 1. The molecule has 0 bridgehead atoms. The maximum Gasteiger partial charge on any atom is 0.246 e. The third kappa shape index (κ3) is 5.77. The van der Waals surface area contributed by atoms with Gasteiger partial charge in [0.05, 0.1) is 25.5 Å². The van der Waals surface area contributed by atoms with Crippen molar-refractivity contribution >= 4 is 5.91 Å². The highest BCUT2D eigenvalue weighted by Crippen LogP contribution is 2.22. The Morgan fingerprint density at radius 3 is 2.46 bits per heavy atom. The number of nitrogens with one attached hydrogen (secondary N) is 1. The van der Waals surface area contributed by atoms with Gasteiger partial charge >= 0.3 is 0 Å². The summed E-state index contributed by atoms with van der Waals surface area (Å²) >= 11 is 0. The molecule has 0 spiro atoms. The normalized spacial score (nSPS) is 10.8. The van der Waals surface area contributed by atoms with Crippen LogP contribution in [0.1, 0.15) is 11.1 Å². The minimum atomic E-state index is -0.161. The smallest absolute Gasteiger partial charge is 0.246 e. The zero-order valence-electron chi connectivity index (χ0n) is 16.0. The summed E-state index contributed by atoms with van der Waals surface area (Å²) in [4.78, 5) is 12.0. The molecule has 3 rings (SSSR count). The predicted octanol–water partition coefficient (Wildman–Crippen LogP) is 2.88. The van der Waals surface area contributed by atoms with Gasteiger partial charge in [0.1, 0.15) is 6.61 Å². The Morgan fingerprint density at radius 1 is 1.04 bits per heavy atom. The first-order chi connectivity index (χ1) is 13.8. The Hall–Kier alpha value is -2.96. The minimum absolute atomic E-state index is 0.0161. The summed E-state index contributed by atoms with van der Waals surface area (Å²) in [6.07, 6.45) is 1.99. The second-order valence-corrected chi connectivity index (χ2v) is 6.37. The molecular formula is C22H25N3O3. The van der Waals surface area contributed by atoms with Crippen molar-refractivity contribution in [2.75, 3.05) is 26.9 Å². The van der Waals surface area contributed by atoms with Crippen molar-refractivity contribution in [3.63, 3.8) is 0 Å². The van der Waals surface area contributed by atoms with E-state index in [0.717, 1.165) is 16.8 Å². The van der Waals surface area contributed by atoms with Crippen molar-refractivity contribution < 1.29 is 14.3 Å². The molecule has 28 heavy (non-hydrogen) atoms. The van der Waals surface area contributed by atoms with Gasteiger partial charge in [0, 0.05) is 31.0 Å². The molecule has 0 aliphatic carbocycles. The van der Waals surface area contributed by atoms with Gasteiger partial charge in [-0.05, 0) is 5.56 Å². The van der Waals surface area contributed by atoms with Gasteiger partial charge in [-0.1, -0.05) is 60.7 Å². The third-order valence-corrected chi connectivity index (χ3v) is 4.21. The Labute approximate surface area is 165 Å². The van der Waals surface area contributed by atoms with Crippen molar-refractivity contribution in [3.05, 3.63) is 78.0 Å². The van der Waals surface area contributed by atoms with Gasteiger partial charge in [-0.15, -0.1) is 0 Å². The van der Waals surface area contributed by atoms with Crippen LogP contribution in [0.2, 0.25) is 0 Å². The number of hydrogen-bond donors (Lipinski definition) is 1. The van der Waals surface area contributed by atoms with Gasteiger partial charge in [-0.25, -0.2) is 0 Å². The standard InChI is InChI=1S/C22H25N3O3/c1-27-12-13-28-17-21(26)23-14-20-16-25(15-18-8-4-2-5-9-18)24-22(20)19-10-6-3-7-11-19/h2-11,16H,12-15,17H2,1H3,(H,23,26). The van der Waals surface area contributed by atoms with Crippen LogP contribution in [0.4, 0.5) is 0 Å². The van der Waals surface area contributed by atoms with Crippen LogP contribution in [0, 0.1) is 0 Å². The van der Waals surface area contributed by atoms with Crippen LogP contribution in [-0.4, -0.2) is 42.6 Å². The van der Waals surface area contributed by atoms with Crippen molar-refractivity contribution in [1.29, 1.82) is 0 Å². The number of ether oxygens (including phenoxy) is 2. The van der Waals surface area contributed by atoms with Crippen LogP contribution in [0.15, 0.2) is 66.9 Å². The number of aromatic nitrogens is 2. The van der Waals surface area contributed by atoms with Crippen LogP contribution in [-0.2, 0) is 27.4 Å². The predicted molar refractivity (Wildman–Crippen MR) is 108 cm³/mol. The lowest BCUT2D eigenvalue weighted by Gasteiger charge is -2.06. The lowest BCUT2D eigenvalue weighted by Crippen LogP contribution is -2.27. The van der Waals surface area contributed by atoms with Crippen LogP contribution in [0.5, 0.6) is 0 Å². The van der Waals surface area contributed by atoms with Gasteiger partial charge in [0.25, 0.3) is 0 Å². The molecule has 3 aromatic rings. The van der Waals surface area contributed by atoms with Crippen LogP contribution in [0.3, 0.4) is 0 Å². The Kier molecular flexibility index (Phi) is 7.35. The third-order valence-electron chi connectivity index (χ3n) is 4.21. The second kappa shape index (κ2) is 10.4. The van der Waals surface area contributed by atoms with E-state index in [1.807, 2.05) is 59.4 Å². The van der Waals surface area contributed by atoms with Crippen molar-refractivity contribution in [2.45, 2.75) is 13.1 Å². The van der Waals surface area contributed by atoms with E-state index in [1.165, 1.54) is 5.56 Å². The first-order valence-electron chi connectivity index (χ1n) is 9.25. The molecule has 1 N–H and O–H groups in total. The lowest BCUT2D eigenvalue weighted by atomic mass is 10.1. The molecule has 0 saturated heterocycles. The summed E-state index contributed by atoms with van der Waals surface area (Å²) < 4.78 is 12.1. The van der Waals surface area contributed by atoms with Crippen molar-refractivity contribution in [2.24, 2.45) is 0 Å². The largest absolute Gasteiger partial charge is 0.382 e. The molecule has 0 radical (unpaired) electrons. The SMILES string of the molecule is COCCOCC(=O)NCc1cn(Cc2ccccc2)nc1-c1ccccc1. The number of hydrogen-bond acceptors (Lipinski definition) is 4. The van der Waals surface area contributed by atoms with E-state index in [-0.39, 0.29) is 12.5 Å². The Morgan fingerprint density at radius 2 is 1.75 bits per heavy atom. The molecule has 146 valence electrons. The van der Waals surface area contributed by atoms with Gasteiger partial charge in [-0.3, -0.25) is 9.48 Å². The fraction of sp³-hybridized carbons (Fsp3) is 0.273. The highest BCUT2D eigenvalue weighted by molar-refractivity contribution is 5.77. The number of benzene rings is 2. The fourth-order valence-corrected chi connectivity index (χ4v) is 2.83. The Bertz CT molecular complexity index is 863. The molecule has 0 aliphatic rings. The van der Waals surface area contributed by atoms with Crippen LogP contribution < -0.4 is 5.32 Å². The molecule has 1 aromatic heterocycles. The van der Waals surface area contributed by atoms with Gasteiger partial charge in [0.15, 0.2) is 0 Å². The molecule has 1 heterocycles. The first-order valence-corrected chi connectivity index (χ1v) is 9.25. The van der Waals surface area contributed by atoms with E-state index in [2.05, 4.69) is 17.4 Å². The van der Waals surface area contributed by atoms with Gasteiger partial charge in [-0.2, -0.15) is 5.10 Å². The minimum Gasteiger partial charge on any atom is -0.382 e. The molecule has 0 saturated carbocycles. The summed E-state index contributed by atoms with van der Waals surface area (Å²) in [6, 6.07) is 20.2. The van der Waals surface area contributed by atoms with Crippen molar-refractivity contribution in [3.8, 4) is 11.3 Å². The summed E-state index contributed by atoms with van der Waals surface area (Å²) in [5.74, 6) is -0.161. The molecule has 2 aromatic carbocycles. The van der Waals surface area contributed by atoms with Crippen LogP contribution >= 0.6 is 0 Å². The van der Waals surface area contributed by atoms with Crippen LogP contribution in [0.25, 0.3) is 11.3 Å². The lowest BCUT2D eigenvalue weighted by molar-refractivity contribution is -0.126. The molecule has 6 heteroatoms. The summed E-state index contributed by atoms with van der Waals surface area (Å²) in [5.41, 5.74) is 4.03. The van der Waals surface area contributed by atoms with E-state index in [4.69, 9.17) is 14.6 Å². The number of rotatable bonds is 10. The second-order valence-electron chi connectivity index (χ2n) is 6.37. The average molecular weight is 379 g/mol. The maximum atomic E-state index is 12.0. The quantitative estimate of drug-likeness (QED) is 0.550. The van der Waals surface area contributed by atoms with E-state index < -0.39 is 0 Å². The highest BCUT2D eigenvalue weighted by atomic mass is 16.5. The summed E-state index contributed by atoms with van der Waals surface area (Å²) in [6.45, 7) is 1.95. The zero-order valence-corrected chi connectivity index (χ0v) is 16.0. The molecule has 0 fully saturated rings. The monoisotopic (exact) mass is 379 g/mol. The molecule has 0 unspecified atom stereocenters. The van der Waals surface area contributed by atoms with E-state index in [9.17, 15) is 4.79 Å². The molecule has 0 atom stereocenters. The molecule has 0 aliphatic heterocycles. The maximum absolute atomic E-state index is 12.0. The van der Waals surface area contributed by atoms with E-state index in [0.29, 0.717) is 26.3 Å². The molecule has 1 amide bonds. The van der Waals surface area contributed by atoms with Crippen molar-refractivity contribution in [1.82, 2.24) is 15.1 Å². The average Bonchev–Trinajstić information content (AvgIpc) is 3.14. The van der Waals surface area contributed by atoms with Gasteiger partial charge < -0.3 is 14.8 Å². The Balaban J connectivity index is 1.70. The first kappa shape index (κ1) is 19.8. The number of nitrogens with zero attached hydrogens (tertiary/aromatic N) is 2. The summed E-state index contributed by atoms with van der Waals surface area (Å²) in [5, 5.41) is 7.66. The fourth-order valence-electron chi connectivity index (χ4n) is 2.83. The summed E-state index contributed by atoms with van der Waals surface area (Å²) in [7, 11) is 1.60. The highest BCUT2D eigenvalue weighted by Gasteiger charge is 2.12. The number of carbonyl (C=O) groups is 1. The van der Waals surface area contributed by atoms with E-state index in [1.54, 1.807) is 7.11 Å². The van der Waals surface area contributed by atoms with E-state index >= 15 is 0 Å². The zero-order chi connectivity index (χ0) is 19.6.